The van der Waals surface area contributed by atoms with Crippen LogP contribution in [0.3, 0.4) is 0 Å². The molecular weight excluding hydrogens is 438 g/mol. The van der Waals surface area contributed by atoms with E-state index in [1.807, 2.05) is 24.4 Å². The van der Waals surface area contributed by atoms with E-state index in [1.165, 1.54) is 11.3 Å². The number of nitrogens with zero attached hydrogens (tertiary/aromatic N) is 1. The summed E-state index contributed by atoms with van der Waals surface area (Å²) in [6, 6.07) is 9.00. The lowest BCUT2D eigenvalue weighted by molar-refractivity contribution is -0.132. The number of piperidine rings is 1. The zero-order valence-electron chi connectivity index (χ0n) is 17.4. The van der Waals surface area contributed by atoms with Crippen molar-refractivity contribution in [2.24, 2.45) is 5.92 Å². The number of hydrogen-bond acceptors (Lipinski definition) is 5. The Morgan fingerprint density at radius 3 is 2.84 bits per heavy atom. The normalized spacial score (nSPS) is 15.9. The zero-order chi connectivity index (χ0) is 22.2. The fourth-order valence-corrected chi connectivity index (χ4v) is 4.33. The Morgan fingerprint density at radius 2 is 2.10 bits per heavy atom. The Morgan fingerprint density at radius 1 is 1.26 bits per heavy atom. The van der Waals surface area contributed by atoms with Crippen LogP contribution >= 0.6 is 22.9 Å². The first-order valence-electron chi connectivity index (χ1n) is 10.2. The molecule has 31 heavy (non-hydrogen) atoms. The third kappa shape index (κ3) is 6.70. The van der Waals surface area contributed by atoms with Crippen LogP contribution in [0.25, 0.3) is 0 Å². The molecule has 1 aromatic heterocycles. The molecule has 1 saturated heterocycles. The highest BCUT2D eigenvalue weighted by Crippen LogP contribution is 2.22. The Labute approximate surface area is 190 Å². The zero-order valence-corrected chi connectivity index (χ0v) is 18.9. The van der Waals surface area contributed by atoms with E-state index >= 15 is 0 Å². The molecule has 0 spiro atoms. The standard InChI is InChI=1S/C22H26ClN3O4S/c1-15-13-17(23)8-9-18(15)30-11-3-7-20(27)24-25-21(28)16-5-2-10-26(14-16)22(29)19-6-4-12-31-19/h4,6,8-9,12-13,16H,2-3,5,7,10-11,14H2,1H3,(H,24,27)(H,25,28). The first kappa shape index (κ1) is 23.1. The number of carbonyl (C=O) groups excluding carboxylic acids is 3. The second-order valence-corrected chi connectivity index (χ2v) is 8.85. The van der Waals surface area contributed by atoms with Crippen LogP contribution in [0.4, 0.5) is 0 Å². The molecule has 166 valence electrons. The maximum Gasteiger partial charge on any atom is 0.263 e. The lowest BCUT2D eigenvalue weighted by atomic mass is 9.97. The summed E-state index contributed by atoms with van der Waals surface area (Å²) in [4.78, 5) is 39.3. The number of aryl methyl sites for hydroxylation is 1. The van der Waals surface area contributed by atoms with Crippen molar-refractivity contribution in [1.29, 1.82) is 0 Å². The van der Waals surface area contributed by atoms with E-state index in [0.29, 0.717) is 42.4 Å². The molecule has 3 amide bonds. The van der Waals surface area contributed by atoms with Gasteiger partial charge in [-0.05, 0) is 61.4 Å². The maximum atomic E-state index is 12.5. The number of rotatable bonds is 7. The third-order valence-electron chi connectivity index (χ3n) is 5.08. The molecule has 0 aliphatic carbocycles. The highest BCUT2D eigenvalue weighted by atomic mass is 35.5. The van der Waals surface area contributed by atoms with Crippen LogP contribution in [0.1, 0.15) is 40.9 Å². The van der Waals surface area contributed by atoms with Crippen molar-refractivity contribution in [1.82, 2.24) is 15.8 Å². The van der Waals surface area contributed by atoms with E-state index in [2.05, 4.69) is 10.9 Å². The van der Waals surface area contributed by atoms with Crippen molar-refractivity contribution >= 4 is 40.7 Å². The number of hydrazine groups is 1. The van der Waals surface area contributed by atoms with Crippen LogP contribution in [-0.2, 0) is 9.59 Å². The highest BCUT2D eigenvalue weighted by molar-refractivity contribution is 7.12. The first-order valence-corrected chi connectivity index (χ1v) is 11.5. The summed E-state index contributed by atoms with van der Waals surface area (Å²) in [6.07, 6.45) is 2.17. The molecule has 1 aliphatic heterocycles. The van der Waals surface area contributed by atoms with Gasteiger partial charge in [-0.25, -0.2) is 0 Å². The van der Waals surface area contributed by atoms with Crippen LogP contribution < -0.4 is 15.6 Å². The molecule has 9 heteroatoms. The molecular formula is C22H26ClN3O4S. The van der Waals surface area contributed by atoms with E-state index < -0.39 is 0 Å². The Kier molecular flexibility index (Phi) is 8.31. The van der Waals surface area contributed by atoms with Gasteiger partial charge in [0.25, 0.3) is 5.91 Å². The highest BCUT2D eigenvalue weighted by Gasteiger charge is 2.29. The molecule has 3 rings (SSSR count). The van der Waals surface area contributed by atoms with Crippen molar-refractivity contribution in [2.75, 3.05) is 19.7 Å². The Balaban J connectivity index is 1.35. The molecule has 1 aromatic carbocycles. The summed E-state index contributed by atoms with van der Waals surface area (Å²) >= 11 is 7.31. The Bertz CT molecular complexity index is 919. The van der Waals surface area contributed by atoms with Crippen LogP contribution in [0.5, 0.6) is 5.75 Å². The van der Waals surface area contributed by atoms with Gasteiger partial charge in [-0.2, -0.15) is 0 Å². The van der Waals surface area contributed by atoms with Gasteiger partial charge in [0.2, 0.25) is 11.8 Å². The smallest absolute Gasteiger partial charge is 0.263 e. The number of hydrogen-bond donors (Lipinski definition) is 2. The summed E-state index contributed by atoms with van der Waals surface area (Å²) < 4.78 is 5.67. The fourth-order valence-electron chi connectivity index (χ4n) is 3.42. The number of halogens is 1. The van der Waals surface area contributed by atoms with Crippen molar-refractivity contribution < 1.29 is 19.1 Å². The van der Waals surface area contributed by atoms with Crippen LogP contribution in [0.15, 0.2) is 35.7 Å². The molecule has 0 bridgehead atoms. The second kappa shape index (κ2) is 11.2. The van der Waals surface area contributed by atoms with Crippen molar-refractivity contribution in [3.8, 4) is 5.75 Å². The van der Waals surface area contributed by atoms with E-state index in [1.54, 1.807) is 23.1 Å². The SMILES string of the molecule is Cc1cc(Cl)ccc1OCCCC(=O)NNC(=O)C1CCCN(C(=O)c2cccs2)C1. The monoisotopic (exact) mass is 463 g/mol. The molecule has 1 unspecified atom stereocenters. The van der Waals surface area contributed by atoms with Crippen LogP contribution in [0.2, 0.25) is 5.02 Å². The van der Waals surface area contributed by atoms with Gasteiger partial charge in [0, 0.05) is 24.5 Å². The van der Waals surface area contributed by atoms with E-state index in [0.717, 1.165) is 17.7 Å². The first-order chi connectivity index (χ1) is 14.9. The van der Waals surface area contributed by atoms with Gasteiger partial charge in [0.15, 0.2) is 0 Å². The number of amides is 3. The average molecular weight is 464 g/mol. The average Bonchev–Trinajstić information content (AvgIpc) is 3.30. The Hall–Kier alpha value is -2.58. The summed E-state index contributed by atoms with van der Waals surface area (Å²) in [5, 5.41) is 2.51. The van der Waals surface area contributed by atoms with Crippen LogP contribution in [-0.4, -0.2) is 42.3 Å². The quantitative estimate of drug-likeness (QED) is 0.485. The minimum absolute atomic E-state index is 0.0486. The maximum absolute atomic E-state index is 12.5. The predicted molar refractivity (Wildman–Crippen MR) is 120 cm³/mol. The molecule has 2 aromatic rings. The van der Waals surface area contributed by atoms with Gasteiger partial charge in [-0.15, -0.1) is 11.3 Å². The largest absolute Gasteiger partial charge is 0.493 e. The van der Waals surface area contributed by atoms with Crippen LogP contribution in [0, 0.1) is 12.8 Å². The lowest BCUT2D eigenvalue weighted by Crippen LogP contribution is -2.50. The molecule has 0 saturated carbocycles. The minimum Gasteiger partial charge on any atom is -0.493 e. The molecule has 1 aliphatic rings. The number of thiophene rings is 1. The van der Waals surface area contributed by atoms with Gasteiger partial charge in [-0.3, -0.25) is 25.2 Å². The summed E-state index contributed by atoms with van der Waals surface area (Å²) in [5.74, 6) is -0.212. The number of nitrogens with one attached hydrogen (secondary N) is 2. The van der Waals surface area contributed by atoms with E-state index in [-0.39, 0.29) is 30.1 Å². The molecule has 1 atom stereocenters. The van der Waals surface area contributed by atoms with Crippen molar-refractivity contribution in [2.45, 2.75) is 32.6 Å². The molecule has 0 radical (unpaired) electrons. The number of carbonyl (C=O) groups is 3. The molecule has 1 fully saturated rings. The summed E-state index contributed by atoms with van der Waals surface area (Å²) in [6.45, 7) is 3.28. The third-order valence-corrected chi connectivity index (χ3v) is 6.17. The topological polar surface area (TPSA) is 87.7 Å². The second-order valence-electron chi connectivity index (χ2n) is 7.47. The van der Waals surface area contributed by atoms with E-state index in [4.69, 9.17) is 16.3 Å². The molecule has 2 heterocycles. The summed E-state index contributed by atoms with van der Waals surface area (Å²) in [7, 11) is 0. The minimum atomic E-state index is -0.339. The number of ether oxygens (including phenoxy) is 1. The molecule has 2 N–H and O–H groups in total. The van der Waals surface area contributed by atoms with Gasteiger partial charge in [0.1, 0.15) is 5.75 Å². The summed E-state index contributed by atoms with van der Waals surface area (Å²) in [5.41, 5.74) is 5.88. The van der Waals surface area contributed by atoms with Gasteiger partial charge in [0.05, 0.1) is 17.4 Å². The van der Waals surface area contributed by atoms with Crippen molar-refractivity contribution in [3.63, 3.8) is 0 Å². The van der Waals surface area contributed by atoms with Gasteiger partial charge in [-0.1, -0.05) is 17.7 Å². The van der Waals surface area contributed by atoms with E-state index in [9.17, 15) is 14.4 Å². The lowest BCUT2D eigenvalue weighted by Gasteiger charge is -2.31. The van der Waals surface area contributed by atoms with Gasteiger partial charge < -0.3 is 9.64 Å². The number of likely N-dealkylation sites (tertiary alicyclic amines) is 1. The molecule has 7 nitrogen and oxygen atoms in total. The van der Waals surface area contributed by atoms with Crippen molar-refractivity contribution in [3.05, 3.63) is 51.2 Å². The number of benzene rings is 1. The fraction of sp³-hybridized carbons (Fsp3) is 0.409. The van der Waals surface area contributed by atoms with Gasteiger partial charge >= 0.3 is 0 Å². The predicted octanol–water partition coefficient (Wildman–Crippen LogP) is 3.57.